The van der Waals surface area contributed by atoms with E-state index in [1.165, 1.54) is 4.90 Å². The van der Waals surface area contributed by atoms with E-state index in [1.807, 2.05) is 0 Å². The van der Waals surface area contributed by atoms with E-state index in [1.54, 1.807) is 20.8 Å². The number of H-pyrrole nitrogens is 1. The van der Waals surface area contributed by atoms with Crippen LogP contribution in [0.1, 0.15) is 43.1 Å². The number of esters is 1. The molecule has 1 aromatic heterocycles. The monoisotopic (exact) mass is 355 g/mol. The molecule has 138 valence electrons. The third-order valence-corrected chi connectivity index (χ3v) is 3.36. The van der Waals surface area contributed by atoms with E-state index >= 15 is 0 Å². The second-order valence-corrected chi connectivity index (χ2v) is 6.40. The van der Waals surface area contributed by atoms with Crippen molar-refractivity contribution in [1.82, 2.24) is 14.9 Å². The summed E-state index contributed by atoms with van der Waals surface area (Å²) in [4.78, 5) is 43.7. The molecule has 1 unspecified atom stereocenters. The van der Waals surface area contributed by atoms with Crippen molar-refractivity contribution in [3.05, 3.63) is 21.9 Å². The van der Waals surface area contributed by atoms with Gasteiger partial charge in [0, 0.05) is 6.54 Å². The highest BCUT2D eigenvalue weighted by molar-refractivity contribution is 5.89. The molecule has 0 aromatic carbocycles. The SMILES string of the molecule is COC(=O)c1nc(C2COCCN2C(=O)OC(C)(C)C)[nH]c(=O)c1O. The van der Waals surface area contributed by atoms with Gasteiger partial charge in [-0.2, -0.15) is 0 Å². The second-order valence-electron chi connectivity index (χ2n) is 6.40. The molecule has 1 fully saturated rings. The zero-order valence-electron chi connectivity index (χ0n) is 14.5. The molecule has 1 aromatic rings. The highest BCUT2D eigenvalue weighted by Crippen LogP contribution is 2.24. The maximum atomic E-state index is 12.4. The number of amides is 1. The number of rotatable bonds is 2. The molecule has 2 rings (SSSR count). The fraction of sp³-hybridized carbons (Fsp3) is 0.600. The second kappa shape index (κ2) is 7.09. The van der Waals surface area contributed by atoms with Crippen molar-refractivity contribution in [2.75, 3.05) is 26.9 Å². The van der Waals surface area contributed by atoms with E-state index in [0.717, 1.165) is 7.11 Å². The number of aromatic hydroxyl groups is 1. The van der Waals surface area contributed by atoms with Crippen molar-refractivity contribution in [3.63, 3.8) is 0 Å². The van der Waals surface area contributed by atoms with Gasteiger partial charge in [0.05, 0.1) is 20.3 Å². The van der Waals surface area contributed by atoms with E-state index in [0.29, 0.717) is 6.61 Å². The summed E-state index contributed by atoms with van der Waals surface area (Å²) in [5.41, 5.74) is -2.15. The summed E-state index contributed by atoms with van der Waals surface area (Å²) < 4.78 is 15.2. The maximum absolute atomic E-state index is 12.4. The number of methoxy groups -OCH3 is 1. The molecule has 0 radical (unpaired) electrons. The van der Waals surface area contributed by atoms with Gasteiger partial charge in [0.2, 0.25) is 5.75 Å². The van der Waals surface area contributed by atoms with Crippen molar-refractivity contribution < 1.29 is 28.9 Å². The Morgan fingerprint density at radius 1 is 1.40 bits per heavy atom. The molecule has 0 saturated carbocycles. The number of hydrogen-bond donors (Lipinski definition) is 2. The molecule has 0 spiro atoms. The van der Waals surface area contributed by atoms with E-state index in [4.69, 9.17) is 9.47 Å². The smallest absolute Gasteiger partial charge is 0.411 e. The Labute approximate surface area is 143 Å². The minimum absolute atomic E-state index is 0.00578. The average molecular weight is 355 g/mol. The van der Waals surface area contributed by atoms with Crippen molar-refractivity contribution in [3.8, 4) is 5.75 Å². The third kappa shape index (κ3) is 4.27. The molecule has 2 N–H and O–H groups in total. The average Bonchev–Trinajstić information content (AvgIpc) is 2.55. The number of aromatic amines is 1. The number of nitrogens with zero attached hydrogens (tertiary/aromatic N) is 2. The summed E-state index contributed by atoms with van der Waals surface area (Å²) in [7, 11) is 1.10. The van der Waals surface area contributed by atoms with Crippen molar-refractivity contribution >= 4 is 12.1 Å². The van der Waals surface area contributed by atoms with Crippen LogP contribution in [-0.4, -0.2) is 64.5 Å². The number of nitrogens with one attached hydrogen (secondary N) is 1. The van der Waals surface area contributed by atoms with Crippen LogP contribution in [0, 0.1) is 0 Å². The number of carbonyl (C=O) groups is 2. The predicted molar refractivity (Wildman–Crippen MR) is 84.4 cm³/mol. The molecule has 1 aliphatic rings. The number of aromatic nitrogens is 2. The minimum atomic E-state index is -0.967. The fourth-order valence-corrected chi connectivity index (χ4v) is 2.25. The largest absolute Gasteiger partial charge is 0.501 e. The molecular formula is C15H21N3O7. The Morgan fingerprint density at radius 2 is 2.08 bits per heavy atom. The summed E-state index contributed by atoms with van der Waals surface area (Å²) in [6, 6.07) is -0.777. The molecule has 1 amide bonds. The zero-order chi connectivity index (χ0) is 18.8. The number of carbonyl (C=O) groups excluding carboxylic acids is 2. The Kier molecular flexibility index (Phi) is 5.31. The number of ether oxygens (including phenoxy) is 3. The van der Waals surface area contributed by atoms with E-state index in [2.05, 4.69) is 14.7 Å². The molecule has 1 atom stereocenters. The number of morpholine rings is 1. The first-order valence-electron chi connectivity index (χ1n) is 7.63. The van der Waals surface area contributed by atoms with Crippen LogP contribution in [0.25, 0.3) is 0 Å². The van der Waals surface area contributed by atoms with Gasteiger partial charge < -0.3 is 24.3 Å². The van der Waals surface area contributed by atoms with Crippen molar-refractivity contribution in [1.29, 1.82) is 0 Å². The highest BCUT2D eigenvalue weighted by atomic mass is 16.6. The van der Waals surface area contributed by atoms with Gasteiger partial charge in [0.15, 0.2) is 5.69 Å². The molecule has 0 aliphatic carbocycles. The first kappa shape index (κ1) is 18.7. The lowest BCUT2D eigenvalue weighted by Crippen LogP contribution is -2.46. The van der Waals surface area contributed by atoms with Crippen LogP contribution in [-0.2, 0) is 14.2 Å². The van der Waals surface area contributed by atoms with Crippen LogP contribution in [0.4, 0.5) is 4.79 Å². The summed E-state index contributed by atoms with van der Waals surface area (Å²) in [6.07, 6.45) is -0.601. The summed E-state index contributed by atoms with van der Waals surface area (Å²) in [6.45, 7) is 5.76. The Balaban J connectivity index is 2.40. The topological polar surface area (TPSA) is 131 Å². The third-order valence-electron chi connectivity index (χ3n) is 3.36. The van der Waals surface area contributed by atoms with Gasteiger partial charge in [-0.25, -0.2) is 14.6 Å². The first-order chi connectivity index (χ1) is 11.6. The summed E-state index contributed by atoms with van der Waals surface area (Å²) in [5, 5.41) is 9.71. The van der Waals surface area contributed by atoms with Crippen LogP contribution >= 0.6 is 0 Å². The van der Waals surface area contributed by atoms with Crippen LogP contribution in [0.3, 0.4) is 0 Å². The van der Waals surface area contributed by atoms with E-state index in [9.17, 15) is 19.5 Å². The Morgan fingerprint density at radius 3 is 2.68 bits per heavy atom. The van der Waals surface area contributed by atoms with Gasteiger partial charge in [0.1, 0.15) is 17.5 Å². The maximum Gasteiger partial charge on any atom is 0.411 e. The standard InChI is InChI=1S/C15H21N3O7/c1-15(2,3)25-14(22)18-5-6-24-7-8(18)11-16-9(13(21)23-4)10(19)12(20)17-11/h8,19H,5-7H2,1-4H3,(H,16,17,20). The van der Waals surface area contributed by atoms with Crippen LogP contribution < -0.4 is 5.56 Å². The molecule has 1 saturated heterocycles. The van der Waals surface area contributed by atoms with Gasteiger partial charge in [-0.05, 0) is 20.8 Å². The van der Waals surface area contributed by atoms with Crippen LogP contribution in [0.15, 0.2) is 4.79 Å². The molecule has 0 bridgehead atoms. The lowest BCUT2D eigenvalue weighted by atomic mass is 10.2. The first-order valence-corrected chi connectivity index (χ1v) is 7.63. The van der Waals surface area contributed by atoms with Gasteiger partial charge >= 0.3 is 12.1 Å². The Bertz CT molecular complexity index is 723. The fourth-order valence-electron chi connectivity index (χ4n) is 2.25. The predicted octanol–water partition coefficient (Wildman–Crippen LogP) is 0.570. The van der Waals surface area contributed by atoms with Crippen molar-refractivity contribution in [2.45, 2.75) is 32.4 Å². The van der Waals surface area contributed by atoms with Gasteiger partial charge in [0.25, 0.3) is 5.56 Å². The molecule has 2 heterocycles. The summed E-state index contributed by atoms with van der Waals surface area (Å²) in [5.74, 6) is -1.82. The highest BCUT2D eigenvalue weighted by Gasteiger charge is 2.34. The lowest BCUT2D eigenvalue weighted by molar-refractivity contribution is -0.0352. The molecule has 10 heteroatoms. The van der Waals surface area contributed by atoms with Gasteiger partial charge in [-0.3, -0.25) is 9.69 Å². The molecule has 1 aliphatic heterocycles. The number of hydrogen-bond acceptors (Lipinski definition) is 8. The molecular weight excluding hydrogens is 334 g/mol. The summed E-state index contributed by atoms with van der Waals surface area (Å²) >= 11 is 0. The zero-order valence-corrected chi connectivity index (χ0v) is 14.5. The van der Waals surface area contributed by atoms with Gasteiger partial charge in [-0.15, -0.1) is 0 Å². The molecule has 25 heavy (non-hydrogen) atoms. The van der Waals surface area contributed by atoms with Crippen LogP contribution in [0.5, 0.6) is 5.75 Å². The minimum Gasteiger partial charge on any atom is -0.501 e. The van der Waals surface area contributed by atoms with Crippen molar-refractivity contribution in [2.24, 2.45) is 0 Å². The quantitative estimate of drug-likeness (QED) is 0.736. The van der Waals surface area contributed by atoms with Crippen LogP contribution in [0.2, 0.25) is 0 Å². The van der Waals surface area contributed by atoms with E-state index < -0.39 is 40.7 Å². The normalized spacial score (nSPS) is 17.9. The molecule has 10 nitrogen and oxygen atoms in total. The van der Waals surface area contributed by atoms with Gasteiger partial charge in [-0.1, -0.05) is 0 Å². The van der Waals surface area contributed by atoms with E-state index in [-0.39, 0.29) is 19.0 Å². The Hall–Kier alpha value is -2.62. The lowest BCUT2D eigenvalue weighted by Gasteiger charge is -2.35.